The van der Waals surface area contributed by atoms with Gasteiger partial charge < -0.3 is 4.98 Å². The lowest BCUT2D eigenvalue weighted by molar-refractivity contribution is 0.590. The van der Waals surface area contributed by atoms with Gasteiger partial charge in [0.05, 0.1) is 5.52 Å². The highest BCUT2D eigenvalue weighted by molar-refractivity contribution is 7.71. The molecule has 0 saturated carbocycles. The smallest absolute Gasteiger partial charge is 0.182 e. The van der Waals surface area contributed by atoms with Crippen molar-refractivity contribution in [2.45, 2.75) is 19.8 Å². The average molecular weight is 304 g/mol. The van der Waals surface area contributed by atoms with Crippen LogP contribution in [0.3, 0.4) is 0 Å². The van der Waals surface area contributed by atoms with Crippen LogP contribution in [0.2, 0.25) is 0 Å². The molecule has 2 aromatic carbocycles. The van der Waals surface area contributed by atoms with Crippen molar-refractivity contribution in [2.75, 3.05) is 0 Å². The van der Waals surface area contributed by atoms with Crippen molar-refractivity contribution in [1.82, 2.24) is 9.55 Å². The number of rotatable bonds is 3. The monoisotopic (exact) mass is 304 g/mol. The van der Waals surface area contributed by atoms with Crippen molar-refractivity contribution in [1.29, 1.82) is 0 Å². The van der Waals surface area contributed by atoms with Gasteiger partial charge in [-0.15, -0.1) is 0 Å². The largest absolute Gasteiger partial charge is 0.328 e. The lowest BCUT2D eigenvalue weighted by Crippen LogP contribution is -1.95. The molecule has 0 amide bonds. The topological polar surface area (TPSA) is 20.7 Å². The van der Waals surface area contributed by atoms with Gasteiger partial charge in [-0.1, -0.05) is 25.5 Å². The van der Waals surface area contributed by atoms with Gasteiger partial charge in [-0.25, -0.2) is 8.78 Å². The molecular formula is C16H14F2N2S. The van der Waals surface area contributed by atoms with E-state index in [1.54, 1.807) is 4.57 Å². The summed E-state index contributed by atoms with van der Waals surface area (Å²) < 4.78 is 29.2. The highest BCUT2D eigenvalue weighted by Crippen LogP contribution is 2.23. The summed E-state index contributed by atoms with van der Waals surface area (Å²) in [5.41, 5.74) is 2.64. The number of hydrogen-bond donors (Lipinski definition) is 1. The molecule has 1 heterocycles. The molecule has 0 fully saturated rings. The van der Waals surface area contributed by atoms with Crippen molar-refractivity contribution in [3.63, 3.8) is 0 Å². The molecule has 0 aliphatic heterocycles. The number of aromatic amines is 1. The van der Waals surface area contributed by atoms with Crippen molar-refractivity contribution in [3.05, 3.63) is 58.4 Å². The Morgan fingerprint density at radius 2 is 1.86 bits per heavy atom. The molecule has 0 aliphatic rings. The molecule has 0 atom stereocenters. The Labute approximate surface area is 126 Å². The summed E-state index contributed by atoms with van der Waals surface area (Å²) in [6.45, 7) is 2.12. The zero-order valence-electron chi connectivity index (χ0n) is 11.5. The number of H-pyrrole nitrogens is 1. The summed E-state index contributed by atoms with van der Waals surface area (Å²) in [6, 6.07) is 9.98. The van der Waals surface area contributed by atoms with Crippen LogP contribution in [-0.2, 0) is 6.42 Å². The molecule has 1 aromatic heterocycles. The first-order chi connectivity index (χ1) is 10.1. The summed E-state index contributed by atoms with van der Waals surface area (Å²) >= 11 is 5.24. The normalized spacial score (nSPS) is 11.2. The van der Waals surface area contributed by atoms with Crippen LogP contribution >= 0.6 is 12.2 Å². The summed E-state index contributed by atoms with van der Waals surface area (Å²) in [6.07, 6.45) is 2.07. The first-order valence-electron chi connectivity index (χ1n) is 6.79. The van der Waals surface area contributed by atoms with Crippen LogP contribution in [0.1, 0.15) is 18.9 Å². The van der Waals surface area contributed by atoms with E-state index in [0.717, 1.165) is 24.6 Å². The second-order valence-corrected chi connectivity index (χ2v) is 5.35. The lowest BCUT2D eigenvalue weighted by atomic mass is 10.1. The van der Waals surface area contributed by atoms with Crippen LogP contribution in [0.4, 0.5) is 8.78 Å². The number of nitrogens with one attached hydrogen (secondary N) is 1. The minimum Gasteiger partial charge on any atom is -0.328 e. The molecule has 0 aliphatic carbocycles. The van der Waals surface area contributed by atoms with Gasteiger partial charge in [0.15, 0.2) is 10.6 Å². The molecule has 1 N–H and O–H groups in total. The van der Waals surface area contributed by atoms with Gasteiger partial charge in [0, 0.05) is 17.8 Å². The number of nitrogens with zero attached hydrogens (tertiary/aromatic N) is 1. The molecule has 3 rings (SSSR count). The SMILES string of the molecule is CCCc1ccc(-n2c(=S)[nH]c3c(F)cc(F)cc32)cc1. The number of aryl methyl sites for hydroxylation is 1. The highest BCUT2D eigenvalue weighted by atomic mass is 32.1. The Balaban J connectivity index is 2.20. The first kappa shape index (κ1) is 13.9. The van der Waals surface area contributed by atoms with E-state index < -0.39 is 11.6 Å². The minimum atomic E-state index is -0.641. The van der Waals surface area contributed by atoms with Crippen LogP contribution in [0, 0.1) is 16.4 Å². The maximum Gasteiger partial charge on any atom is 0.182 e. The van der Waals surface area contributed by atoms with Crippen molar-refractivity contribution in [2.24, 2.45) is 0 Å². The zero-order valence-corrected chi connectivity index (χ0v) is 12.3. The predicted octanol–water partition coefficient (Wildman–Crippen LogP) is 4.92. The van der Waals surface area contributed by atoms with Crippen LogP contribution in [0.5, 0.6) is 0 Å². The molecule has 0 unspecified atom stereocenters. The van der Waals surface area contributed by atoms with Gasteiger partial charge in [0.1, 0.15) is 11.3 Å². The number of fused-ring (bicyclic) bond motifs is 1. The Morgan fingerprint density at radius 3 is 2.52 bits per heavy atom. The van der Waals surface area contributed by atoms with Crippen LogP contribution in [0.25, 0.3) is 16.7 Å². The lowest BCUT2D eigenvalue weighted by Gasteiger charge is -2.06. The van der Waals surface area contributed by atoms with Crippen molar-refractivity contribution in [3.8, 4) is 5.69 Å². The Hall–Kier alpha value is -2.01. The molecule has 0 radical (unpaired) electrons. The fourth-order valence-corrected chi connectivity index (χ4v) is 2.79. The molecular weight excluding hydrogens is 290 g/mol. The average Bonchev–Trinajstić information content (AvgIpc) is 2.77. The van der Waals surface area contributed by atoms with Gasteiger partial charge >= 0.3 is 0 Å². The van der Waals surface area contributed by atoms with E-state index in [2.05, 4.69) is 11.9 Å². The van der Waals surface area contributed by atoms with Gasteiger partial charge in [-0.05, 0) is 36.3 Å². The van der Waals surface area contributed by atoms with E-state index in [1.165, 1.54) is 11.6 Å². The number of halogens is 2. The third kappa shape index (κ3) is 2.49. The standard InChI is InChI=1S/C16H14F2N2S/c1-2-3-10-4-6-12(7-5-10)20-14-9-11(17)8-13(18)15(14)19-16(20)21/h4-9H,2-3H2,1H3,(H,19,21). The fourth-order valence-electron chi connectivity index (χ4n) is 2.49. The highest BCUT2D eigenvalue weighted by Gasteiger charge is 2.12. The van der Waals surface area contributed by atoms with Gasteiger partial charge in [0.2, 0.25) is 0 Å². The quantitative estimate of drug-likeness (QED) is 0.681. The van der Waals surface area contributed by atoms with E-state index in [4.69, 9.17) is 12.2 Å². The maximum absolute atomic E-state index is 13.8. The Bertz CT molecular complexity index is 847. The zero-order chi connectivity index (χ0) is 15.0. The number of aromatic nitrogens is 2. The third-order valence-electron chi connectivity index (χ3n) is 3.44. The number of benzene rings is 2. The summed E-state index contributed by atoms with van der Waals surface area (Å²) in [5.74, 6) is -1.26. The Kier molecular flexibility index (Phi) is 3.59. The maximum atomic E-state index is 13.8. The molecule has 3 aromatic rings. The molecule has 0 saturated heterocycles. The van der Waals surface area contributed by atoms with Crippen LogP contribution in [0.15, 0.2) is 36.4 Å². The van der Waals surface area contributed by atoms with E-state index in [1.807, 2.05) is 24.3 Å². The number of hydrogen-bond acceptors (Lipinski definition) is 1. The Morgan fingerprint density at radius 1 is 1.14 bits per heavy atom. The third-order valence-corrected chi connectivity index (χ3v) is 3.73. The van der Waals surface area contributed by atoms with Crippen molar-refractivity contribution < 1.29 is 8.78 Å². The molecule has 0 bridgehead atoms. The van der Waals surface area contributed by atoms with E-state index >= 15 is 0 Å². The van der Waals surface area contributed by atoms with Gasteiger partial charge in [-0.2, -0.15) is 0 Å². The summed E-state index contributed by atoms with van der Waals surface area (Å²) in [5, 5.41) is 0. The van der Waals surface area contributed by atoms with E-state index in [0.29, 0.717) is 10.3 Å². The molecule has 5 heteroatoms. The first-order valence-corrected chi connectivity index (χ1v) is 7.20. The van der Waals surface area contributed by atoms with Crippen LogP contribution < -0.4 is 0 Å². The van der Waals surface area contributed by atoms with Crippen molar-refractivity contribution >= 4 is 23.3 Å². The second-order valence-electron chi connectivity index (χ2n) is 4.96. The molecule has 108 valence electrons. The van der Waals surface area contributed by atoms with E-state index in [-0.39, 0.29) is 5.52 Å². The fraction of sp³-hybridized carbons (Fsp3) is 0.188. The van der Waals surface area contributed by atoms with Gasteiger partial charge in [-0.3, -0.25) is 4.57 Å². The molecule has 2 nitrogen and oxygen atoms in total. The van der Waals surface area contributed by atoms with E-state index in [9.17, 15) is 8.78 Å². The molecule has 0 spiro atoms. The summed E-state index contributed by atoms with van der Waals surface area (Å²) in [7, 11) is 0. The second kappa shape index (κ2) is 5.41. The van der Waals surface area contributed by atoms with Crippen LogP contribution in [-0.4, -0.2) is 9.55 Å². The van der Waals surface area contributed by atoms with Gasteiger partial charge in [0.25, 0.3) is 0 Å². The number of imidazole rings is 1. The summed E-state index contributed by atoms with van der Waals surface area (Å²) in [4.78, 5) is 2.80. The minimum absolute atomic E-state index is 0.221. The molecule has 21 heavy (non-hydrogen) atoms. The predicted molar refractivity (Wildman–Crippen MR) is 82.4 cm³/mol.